The highest BCUT2D eigenvalue weighted by Crippen LogP contribution is 2.27. The largest absolute Gasteiger partial charge is 0.398 e. The number of imidazole rings is 1. The fourth-order valence-corrected chi connectivity index (χ4v) is 1.82. The summed E-state index contributed by atoms with van der Waals surface area (Å²) in [6, 6.07) is 7.89. The van der Waals surface area contributed by atoms with Crippen LogP contribution in [0.25, 0.3) is 22.6 Å². The molecule has 0 radical (unpaired) electrons. The van der Waals surface area contributed by atoms with Gasteiger partial charge in [0.1, 0.15) is 17.5 Å². The summed E-state index contributed by atoms with van der Waals surface area (Å²) in [5.41, 5.74) is 13.0. The van der Waals surface area contributed by atoms with Crippen LogP contribution in [0.1, 0.15) is 0 Å². The van der Waals surface area contributed by atoms with E-state index in [2.05, 4.69) is 15.0 Å². The molecule has 0 saturated heterocycles. The Bertz CT molecular complexity index is 714. The van der Waals surface area contributed by atoms with Crippen molar-refractivity contribution in [3.8, 4) is 11.4 Å². The minimum absolute atomic E-state index is 0.245. The number of aromatic amines is 1. The van der Waals surface area contributed by atoms with Crippen LogP contribution >= 0.6 is 0 Å². The van der Waals surface area contributed by atoms with E-state index >= 15 is 0 Å². The SMILES string of the molecule is Nc1ccc2[nH]c(-c3c(N)cccc3F)nc2n1. The number of aromatic nitrogens is 3. The van der Waals surface area contributed by atoms with Crippen molar-refractivity contribution in [2.75, 3.05) is 11.5 Å². The first-order valence-electron chi connectivity index (χ1n) is 5.32. The van der Waals surface area contributed by atoms with Gasteiger partial charge in [-0.05, 0) is 24.3 Å². The van der Waals surface area contributed by atoms with Gasteiger partial charge in [-0.2, -0.15) is 0 Å². The smallest absolute Gasteiger partial charge is 0.180 e. The molecule has 0 spiro atoms. The van der Waals surface area contributed by atoms with Crippen molar-refractivity contribution in [2.24, 2.45) is 0 Å². The number of benzene rings is 1. The van der Waals surface area contributed by atoms with E-state index < -0.39 is 5.82 Å². The van der Waals surface area contributed by atoms with Crippen LogP contribution in [0.2, 0.25) is 0 Å². The Hall–Kier alpha value is -2.63. The summed E-state index contributed by atoms with van der Waals surface area (Å²) >= 11 is 0. The van der Waals surface area contributed by atoms with E-state index in [-0.39, 0.29) is 5.56 Å². The summed E-state index contributed by atoms with van der Waals surface area (Å²) < 4.78 is 13.8. The maximum absolute atomic E-state index is 13.8. The number of hydrogen-bond acceptors (Lipinski definition) is 4. The first-order valence-corrected chi connectivity index (χ1v) is 5.32. The number of hydrogen-bond donors (Lipinski definition) is 3. The lowest BCUT2D eigenvalue weighted by Crippen LogP contribution is -1.94. The van der Waals surface area contributed by atoms with Gasteiger partial charge in [-0.25, -0.2) is 14.4 Å². The molecule has 6 heteroatoms. The number of nitrogens with two attached hydrogens (primary N) is 2. The second kappa shape index (κ2) is 3.69. The zero-order valence-electron chi connectivity index (χ0n) is 9.31. The van der Waals surface area contributed by atoms with Crippen molar-refractivity contribution in [3.63, 3.8) is 0 Å². The van der Waals surface area contributed by atoms with Gasteiger partial charge in [-0.3, -0.25) is 0 Å². The van der Waals surface area contributed by atoms with Crippen LogP contribution in [0.4, 0.5) is 15.9 Å². The molecule has 2 heterocycles. The fourth-order valence-electron chi connectivity index (χ4n) is 1.82. The third kappa shape index (κ3) is 1.55. The van der Waals surface area contributed by atoms with Crippen molar-refractivity contribution in [2.45, 2.75) is 0 Å². The Balaban J connectivity index is 2.26. The fraction of sp³-hybridized carbons (Fsp3) is 0. The average molecular weight is 243 g/mol. The lowest BCUT2D eigenvalue weighted by atomic mass is 10.1. The lowest BCUT2D eigenvalue weighted by Gasteiger charge is -2.02. The Kier molecular flexibility index (Phi) is 2.16. The summed E-state index contributed by atoms with van der Waals surface area (Å²) in [6.07, 6.45) is 0. The number of anilines is 2. The Morgan fingerprint density at radius 2 is 1.89 bits per heavy atom. The number of nitrogens with one attached hydrogen (secondary N) is 1. The molecule has 5 nitrogen and oxygen atoms in total. The zero-order chi connectivity index (χ0) is 12.7. The Morgan fingerprint density at radius 1 is 1.06 bits per heavy atom. The number of rotatable bonds is 1. The molecule has 0 aliphatic heterocycles. The summed E-state index contributed by atoms with van der Waals surface area (Å²) in [5.74, 6) is 0.280. The normalized spacial score (nSPS) is 10.9. The van der Waals surface area contributed by atoms with Crippen LogP contribution in [0.3, 0.4) is 0 Å². The minimum atomic E-state index is -0.429. The second-order valence-corrected chi connectivity index (χ2v) is 3.90. The second-order valence-electron chi connectivity index (χ2n) is 3.90. The maximum atomic E-state index is 13.8. The van der Waals surface area contributed by atoms with Crippen LogP contribution < -0.4 is 11.5 Å². The van der Waals surface area contributed by atoms with Gasteiger partial charge in [0, 0.05) is 5.69 Å². The van der Waals surface area contributed by atoms with Crippen molar-refractivity contribution in [1.29, 1.82) is 0 Å². The van der Waals surface area contributed by atoms with Crippen molar-refractivity contribution in [3.05, 3.63) is 36.1 Å². The van der Waals surface area contributed by atoms with E-state index in [1.807, 2.05) is 0 Å². The number of halogens is 1. The van der Waals surface area contributed by atoms with Gasteiger partial charge in [0.2, 0.25) is 0 Å². The molecule has 0 unspecified atom stereocenters. The quantitative estimate of drug-likeness (QED) is 0.569. The molecule has 0 amide bonds. The number of H-pyrrole nitrogens is 1. The maximum Gasteiger partial charge on any atom is 0.180 e. The van der Waals surface area contributed by atoms with Gasteiger partial charge in [0.15, 0.2) is 5.65 Å². The molecule has 0 atom stereocenters. The van der Waals surface area contributed by atoms with Crippen molar-refractivity contribution in [1.82, 2.24) is 15.0 Å². The number of fused-ring (bicyclic) bond motifs is 1. The highest BCUT2D eigenvalue weighted by atomic mass is 19.1. The molecular formula is C12H10FN5. The monoisotopic (exact) mass is 243 g/mol. The molecule has 18 heavy (non-hydrogen) atoms. The molecule has 3 aromatic rings. The van der Waals surface area contributed by atoms with Crippen LogP contribution in [0.15, 0.2) is 30.3 Å². The molecule has 5 N–H and O–H groups in total. The first kappa shape index (κ1) is 10.5. The molecule has 0 aliphatic rings. The van der Waals surface area contributed by atoms with Gasteiger partial charge < -0.3 is 16.5 Å². The van der Waals surface area contributed by atoms with E-state index in [9.17, 15) is 4.39 Å². The van der Waals surface area contributed by atoms with Crippen LogP contribution in [-0.2, 0) is 0 Å². The highest BCUT2D eigenvalue weighted by Gasteiger charge is 2.13. The number of nitrogens with zero attached hydrogens (tertiary/aromatic N) is 2. The summed E-state index contributed by atoms with van der Waals surface area (Å²) in [5, 5.41) is 0. The van der Waals surface area contributed by atoms with Gasteiger partial charge in [-0.15, -0.1) is 0 Å². The number of pyridine rings is 1. The predicted molar refractivity (Wildman–Crippen MR) is 68.1 cm³/mol. The summed E-state index contributed by atoms with van der Waals surface area (Å²) in [4.78, 5) is 11.2. The third-order valence-electron chi connectivity index (χ3n) is 2.65. The predicted octanol–water partition coefficient (Wildman–Crippen LogP) is 1.93. The average Bonchev–Trinajstić information content (AvgIpc) is 2.71. The molecule has 90 valence electrons. The minimum Gasteiger partial charge on any atom is -0.398 e. The van der Waals surface area contributed by atoms with Crippen LogP contribution in [-0.4, -0.2) is 15.0 Å². The molecule has 0 aliphatic carbocycles. The van der Waals surface area contributed by atoms with Gasteiger partial charge in [0.05, 0.1) is 11.1 Å². The summed E-state index contributed by atoms with van der Waals surface area (Å²) in [7, 11) is 0. The van der Waals surface area contributed by atoms with E-state index in [4.69, 9.17) is 11.5 Å². The molecule has 1 aromatic carbocycles. The Labute approximate surface area is 102 Å². The molecular weight excluding hydrogens is 233 g/mol. The summed E-state index contributed by atoms with van der Waals surface area (Å²) in [6.45, 7) is 0. The number of nitrogen functional groups attached to an aromatic ring is 2. The molecule has 2 aromatic heterocycles. The van der Waals surface area contributed by atoms with Crippen molar-refractivity contribution >= 4 is 22.7 Å². The van der Waals surface area contributed by atoms with E-state index in [0.29, 0.717) is 28.5 Å². The van der Waals surface area contributed by atoms with Crippen LogP contribution in [0.5, 0.6) is 0 Å². The van der Waals surface area contributed by atoms with Gasteiger partial charge >= 0.3 is 0 Å². The van der Waals surface area contributed by atoms with Crippen LogP contribution in [0, 0.1) is 5.82 Å². The highest BCUT2D eigenvalue weighted by molar-refractivity contribution is 5.81. The van der Waals surface area contributed by atoms with Gasteiger partial charge in [0.25, 0.3) is 0 Å². The molecule has 3 rings (SSSR count). The Morgan fingerprint density at radius 3 is 2.67 bits per heavy atom. The molecule has 0 bridgehead atoms. The molecule has 0 fully saturated rings. The topological polar surface area (TPSA) is 93.6 Å². The molecule has 0 saturated carbocycles. The lowest BCUT2D eigenvalue weighted by molar-refractivity contribution is 0.631. The zero-order valence-corrected chi connectivity index (χ0v) is 9.31. The van der Waals surface area contributed by atoms with E-state index in [0.717, 1.165) is 0 Å². The van der Waals surface area contributed by atoms with Gasteiger partial charge in [-0.1, -0.05) is 6.07 Å². The van der Waals surface area contributed by atoms with E-state index in [1.165, 1.54) is 6.07 Å². The van der Waals surface area contributed by atoms with E-state index in [1.54, 1.807) is 24.3 Å². The third-order valence-corrected chi connectivity index (χ3v) is 2.65. The standard InChI is InChI=1S/C12H10FN5/c13-6-2-1-3-7(14)10(6)12-16-8-4-5-9(15)17-11(8)18-12/h1-5H,14H2,(H3,15,16,17,18). The first-order chi connectivity index (χ1) is 8.65. The van der Waals surface area contributed by atoms with Crippen molar-refractivity contribution < 1.29 is 4.39 Å².